The van der Waals surface area contributed by atoms with Crippen molar-refractivity contribution in [3.05, 3.63) is 40.2 Å². The molecule has 0 unspecified atom stereocenters. The van der Waals surface area contributed by atoms with Crippen LogP contribution in [-0.4, -0.2) is 17.7 Å². The smallest absolute Gasteiger partial charge is 0.339 e. The second-order valence-electron chi connectivity index (χ2n) is 3.38. The average molecular weight is 234 g/mol. The van der Waals surface area contributed by atoms with E-state index in [4.69, 9.17) is 9.15 Å². The van der Waals surface area contributed by atoms with E-state index in [1.807, 2.05) is 0 Å². The number of hydrogen-bond acceptors (Lipinski definition) is 5. The van der Waals surface area contributed by atoms with Crippen LogP contribution in [0.2, 0.25) is 0 Å². The summed E-state index contributed by atoms with van der Waals surface area (Å²) in [4.78, 5) is 22.5. The molecular formula is C12H10O5. The Hall–Kier alpha value is -2.30. The van der Waals surface area contributed by atoms with Gasteiger partial charge in [-0.05, 0) is 25.1 Å². The van der Waals surface area contributed by atoms with Crippen LogP contribution in [0.3, 0.4) is 0 Å². The number of carbonyl (C=O) groups excluding carboxylic acids is 1. The highest BCUT2D eigenvalue weighted by molar-refractivity contribution is 5.95. The molecule has 0 atom stereocenters. The number of esters is 1. The van der Waals surface area contributed by atoms with Crippen molar-refractivity contribution in [2.24, 2.45) is 0 Å². The number of aromatic hydroxyl groups is 1. The molecule has 2 rings (SSSR count). The largest absolute Gasteiger partial charge is 0.507 e. The second-order valence-corrected chi connectivity index (χ2v) is 3.38. The van der Waals surface area contributed by atoms with Crippen LogP contribution in [0.1, 0.15) is 17.3 Å². The molecular weight excluding hydrogens is 224 g/mol. The summed E-state index contributed by atoms with van der Waals surface area (Å²) in [6.07, 6.45) is 0. The maximum atomic E-state index is 11.5. The van der Waals surface area contributed by atoms with Crippen molar-refractivity contribution in [2.45, 2.75) is 6.92 Å². The van der Waals surface area contributed by atoms with E-state index in [1.54, 1.807) is 6.92 Å². The molecule has 1 aromatic heterocycles. The first-order chi connectivity index (χ1) is 8.11. The molecule has 0 aliphatic carbocycles. The number of ether oxygens (including phenoxy) is 1. The van der Waals surface area contributed by atoms with E-state index < -0.39 is 11.6 Å². The standard InChI is InChI=1S/C12H10O5/c1-2-16-12(15)7-3-4-10-8(5-7)9(13)6-11(14)17-10/h3-6,13H,2H2,1H3. The Labute approximate surface area is 96.2 Å². The summed E-state index contributed by atoms with van der Waals surface area (Å²) in [6.45, 7) is 1.97. The number of hydrogen-bond donors (Lipinski definition) is 1. The summed E-state index contributed by atoms with van der Waals surface area (Å²) in [7, 11) is 0. The summed E-state index contributed by atoms with van der Waals surface area (Å²) in [6, 6.07) is 5.30. The van der Waals surface area contributed by atoms with Gasteiger partial charge in [0.2, 0.25) is 0 Å². The van der Waals surface area contributed by atoms with Crippen molar-refractivity contribution >= 4 is 16.9 Å². The molecule has 88 valence electrons. The lowest BCUT2D eigenvalue weighted by molar-refractivity contribution is 0.0526. The van der Waals surface area contributed by atoms with Gasteiger partial charge in [-0.25, -0.2) is 9.59 Å². The van der Waals surface area contributed by atoms with Crippen molar-refractivity contribution in [3.63, 3.8) is 0 Å². The number of carbonyl (C=O) groups is 1. The molecule has 1 N–H and O–H groups in total. The lowest BCUT2D eigenvalue weighted by Gasteiger charge is -2.03. The predicted octanol–water partition coefficient (Wildman–Crippen LogP) is 1.68. The molecule has 0 aliphatic heterocycles. The molecule has 0 aliphatic rings. The molecule has 5 heteroatoms. The first-order valence-electron chi connectivity index (χ1n) is 5.06. The Morgan fingerprint density at radius 2 is 2.18 bits per heavy atom. The van der Waals surface area contributed by atoms with Gasteiger partial charge in [0.25, 0.3) is 0 Å². The molecule has 0 fully saturated rings. The van der Waals surface area contributed by atoms with Crippen LogP contribution in [0.5, 0.6) is 5.75 Å². The third-order valence-electron chi connectivity index (χ3n) is 2.23. The number of fused-ring (bicyclic) bond motifs is 1. The summed E-state index contributed by atoms with van der Waals surface area (Å²) in [5.41, 5.74) is -0.120. The lowest BCUT2D eigenvalue weighted by Crippen LogP contribution is -2.04. The summed E-state index contributed by atoms with van der Waals surface area (Å²) >= 11 is 0. The van der Waals surface area contributed by atoms with Gasteiger partial charge in [0.1, 0.15) is 11.3 Å². The normalized spacial score (nSPS) is 10.4. The molecule has 0 amide bonds. The lowest BCUT2D eigenvalue weighted by atomic mass is 10.1. The molecule has 1 heterocycles. The highest BCUT2D eigenvalue weighted by Crippen LogP contribution is 2.23. The van der Waals surface area contributed by atoms with Crippen LogP contribution in [0.4, 0.5) is 0 Å². The van der Waals surface area contributed by atoms with Gasteiger partial charge in [-0.2, -0.15) is 0 Å². The van der Waals surface area contributed by atoms with Gasteiger partial charge in [0.05, 0.1) is 23.6 Å². The van der Waals surface area contributed by atoms with Crippen molar-refractivity contribution in [1.29, 1.82) is 0 Å². The summed E-state index contributed by atoms with van der Waals surface area (Å²) < 4.78 is 9.70. The van der Waals surface area contributed by atoms with Crippen LogP contribution >= 0.6 is 0 Å². The van der Waals surface area contributed by atoms with Crippen LogP contribution < -0.4 is 5.63 Å². The topological polar surface area (TPSA) is 76.7 Å². The van der Waals surface area contributed by atoms with Crippen LogP contribution in [0.15, 0.2) is 33.5 Å². The van der Waals surface area contributed by atoms with E-state index in [0.717, 1.165) is 6.07 Å². The molecule has 0 radical (unpaired) electrons. The number of rotatable bonds is 2. The molecule has 0 saturated heterocycles. The quantitative estimate of drug-likeness (QED) is 0.631. The van der Waals surface area contributed by atoms with E-state index in [9.17, 15) is 14.7 Å². The molecule has 5 nitrogen and oxygen atoms in total. The minimum Gasteiger partial charge on any atom is -0.507 e. The van der Waals surface area contributed by atoms with Crippen LogP contribution in [0.25, 0.3) is 11.0 Å². The maximum Gasteiger partial charge on any atom is 0.339 e. The van der Waals surface area contributed by atoms with Gasteiger partial charge < -0.3 is 14.3 Å². The molecule has 17 heavy (non-hydrogen) atoms. The zero-order chi connectivity index (χ0) is 12.4. The van der Waals surface area contributed by atoms with E-state index in [1.165, 1.54) is 18.2 Å². The fraction of sp³-hybridized carbons (Fsp3) is 0.167. The summed E-state index contributed by atoms with van der Waals surface area (Å²) in [5, 5.41) is 9.88. The molecule has 1 aromatic carbocycles. The fourth-order valence-electron chi connectivity index (χ4n) is 1.49. The van der Waals surface area contributed by atoms with Crippen molar-refractivity contribution in [1.82, 2.24) is 0 Å². The molecule has 0 spiro atoms. The minimum absolute atomic E-state index is 0.220. The van der Waals surface area contributed by atoms with E-state index in [-0.39, 0.29) is 17.9 Å². The van der Waals surface area contributed by atoms with Gasteiger partial charge >= 0.3 is 11.6 Å². The van der Waals surface area contributed by atoms with E-state index >= 15 is 0 Å². The maximum absolute atomic E-state index is 11.5. The fourth-order valence-corrected chi connectivity index (χ4v) is 1.49. The van der Waals surface area contributed by atoms with Crippen LogP contribution in [-0.2, 0) is 4.74 Å². The minimum atomic E-state index is -0.640. The number of benzene rings is 1. The third kappa shape index (κ3) is 2.13. The van der Waals surface area contributed by atoms with Gasteiger partial charge in [0, 0.05) is 0 Å². The first kappa shape index (κ1) is 11.2. The monoisotopic (exact) mass is 234 g/mol. The highest BCUT2D eigenvalue weighted by Gasteiger charge is 2.10. The van der Waals surface area contributed by atoms with Gasteiger partial charge in [-0.3, -0.25) is 0 Å². The van der Waals surface area contributed by atoms with Crippen molar-refractivity contribution < 1.29 is 19.1 Å². The van der Waals surface area contributed by atoms with Crippen molar-refractivity contribution in [3.8, 4) is 5.75 Å². The predicted molar refractivity (Wildman–Crippen MR) is 60.1 cm³/mol. The zero-order valence-electron chi connectivity index (χ0n) is 9.10. The second kappa shape index (κ2) is 4.29. The van der Waals surface area contributed by atoms with E-state index in [0.29, 0.717) is 10.9 Å². The Morgan fingerprint density at radius 1 is 1.41 bits per heavy atom. The highest BCUT2D eigenvalue weighted by atomic mass is 16.5. The first-order valence-corrected chi connectivity index (χ1v) is 5.06. The Kier molecular flexibility index (Phi) is 2.82. The Bertz CT molecular complexity index is 626. The average Bonchev–Trinajstić information content (AvgIpc) is 2.28. The molecule has 0 bridgehead atoms. The molecule has 2 aromatic rings. The zero-order valence-corrected chi connectivity index (χ0v) is 9.10. The summed E-state index contributed by atoms with van der Waals surface area (Å²) in [5.74, 6) is -0.706. The van der Waals surface area contributed by atoms with E-state index in [2.05, 4.69) is 0 Å². The van der Waals surface area contributed by atoms with Crippen LogP contribution in [0, 0.1) is 0 Å². The van der Waals surface area contributed by atoms with Gasteiger partial charge in [-0.15, -0.1) is 0 Å². The Morgan fingerprint density at radius 3 is 2.88 bits per heavy atom. The van der Waals surface area contributed by atoms with Gasteiger partial charge in [0.15, 0.2) is 0 Å². The Balaban J connectivity index is 2.58. The third-order valence-corrected chi connectivity index (χ3v) is 2.23. The van der Waals surface area contributed by atoms with Crippen molar-refractivity contribution in [2.75, 3.05) is 6.61 Å². The molecule has 0 saturated carbocycles. The van der Waals surface area contributed by atoms with Gasteiger partial charge in [-0.1, -0.05) is 0 Å². The SMILES string of the molecule is CCOC(=O)c1ccc2oc(=O)cc(O)c2c1.